The van der Waals surface area contributed by atoms with Gasteiger partial charge in [-0.25, -0.2) is 0 Å². The number of nitrogens with two attached hydrogens (primary N) is 1. The number of hydrogen-bond acceptors (Lipinski definition) is 3. The Kier molecular flexibility index (Phi) is 8.25. The molecule has 0 radical (unpaired) electrons. The van der Waals surface area contributed by atoms with Gasteiger partial charge in [0.05, 0.1) is 0 Å². The van der Waals surface area contributed by atoms with Gasteiger partial charge in [-0.15, -0.1) is 0 Å². The highest BCUT2D eigenvalue weighted by Crippen LogP contribution is 2.32. The first-order valence-electron chi connectivity index (χ1n) is 10.8. The Balaban J connectivity index is 1.91. The van der Waals surface area contributed by atoms with E-state index >= 15 is 0 Å². The van der Waals surface area contributed by atoms with Gasteiger partial charge in [0.1, 0.15) is 12.4 Å². The molecule has 0 amide bonds. The molecule has 0 aromatic heterocycles. The van der Waals surface area contributed by atoms with Crippen LogP contribution in [-0.2, 0) is 0 Å². The van der Waals surface area contributed by atoms with E-state index in [1.165, 1.54) is 5.57 Å². The van der Waals surface area contributed by atoms with E-state index in [0.717, 1.165) is 47.6 Å². The molecular formula is C27H32N2O. The highest BCUT2D eigenvalue weighted by Gasteiger charge is 2.13. The number of likely N-dealkylation sites (N-methyl/N-ethyl adjacent to an activating group) is 1. The van der Waals surface area contributed by atoms with E-state index in [9.17, 15) is 0 Å². The van der Waals surface area contributed by atoms with Crippen molar-refractivity contribution in [3.63, 3.8) is 0 Å². The maximum atomic E-state index is 6.24. The first kappa shape index (κ1) is 21.8. The lowest BCUT2D eigenvalue weighted by Gasteiger charge is -2.18. The van der Waals surface area contributed by atoms with Crippen molar-refractivity contribution in [1.82, 2.24) is 4.90 Å². The fraction of sp³-hybridized carbons (Fsp3) is 0.259. The Morgan fingerprint density at radius 3 is 1.80 bits per heavy atom. The highest BCUT2D eigenvalue weighted by molar-refractivity contribution is 5.99. The minimum absolute atomic E-state index is 0.469. The summed E-state index contributed by atoms with van der Waals surface area (Å²) in [7, 11) is 0. The molecule has 30 heavy (non-hydrogen) atoms. The molecule has 3 heteroatoms. The van der Waals surface area contributed by atoms with Crippen LogP contribution in [0.4, 0.5) is 0 Å². The standard InChI is InChI=1S/C27H32N2O/c1-3-29(4-2)19-20-30-25-17-15-24(16-18-25)27(23-13-9-6-10-14-23)26(21-28)22-11-7-5-8-12-22/h5-18H,3-4,19-21,28H2,1-2H3/b27-26-. The fourth-order valence-corrected chi connectivity index (χ4v) is 3.67. The van der Waals surface area contributed by atoms with E-state index in [4.69, 9.17) is 10.5 Å². The van der Waals surface area contributed by atoms with Crippen molar-refractivity contribution in [3.05, 3.63) is 102 Å². The summed E-state index contributed by atoms with van der Waals surface area (Å²) in [6, 6.07) is 29.2. The Bertz CT molecular complexity index is 914. The molecule has 0 spiro atoms. The third-order valence-corrected chi connectivity index (χ3v) is 5.40. The summed E-state index contributed by atoms with van der Waals surface area (Å²) in [5.74, 6) is 0.896. The Hall–Kier alpha value is -2.88. The largest absolute Gasteiger partial charge is 0.492 e. The lowest BCUT2D eigenvalue weighted by Crippen LogP contribution is -2.27. The summed E-state index contributed by atoms with van der Waals surface area (Å²) < 4.78 is 5.97. The van der Waals surface area contributed by atoms with Crippen molar-refractivity contribution in [3.8, 4) is 5.75 Å². The third kappa shape index (κ3) is 5.59. The molecule has 0 fully saturated rings. The average Bonchev–Trinajstić information content (AvgIpc) is 2.82. The van der Waals surface area contributed by atoms with E-state index in [1.54, 1.807) is 0 Å². The van der Waals surface area contributed by atoms with Crippen LogP contribution in [0.15, 0.2) is 84.9 Å². The van der Waals surface area contributed by atoms with Crippen molar-refractivity contribution in [2.24, 2.45) is 5.73 Å². The summed E-state index contributed by atoms with van der Waals surface area (Å²) >= 11 is 0. The Morgan fingerprint density at radius 1 is 0.733 bits per heavy atom. The second-order valence-corrected chi connectivity index (χ2v) is 7.19. The van der Waals surface area contributed by atoms with Gasteiger partial charge in [0.25, 0.3) is 0 Å². The van der Waals surface area contributed by atoms with E-state index < -0.39 is 0 Å². The van der Waals surface area contributed by atoms with E-state index in [0.29, 0.717) is 13.2 Å². The molecule has 3 rings (SSSR count). The maximum Gasteiger partial charge on any atom is 0.119 e. The van der Waals surface area contributed by atoms with Gasteiger partial charge < -0.3 is 15.4 Å². The SMILES string of the molecule is CCN(CC)CCOc1ccc(/C(=C(/CN)c2ccccc2)c2ccccc2)cc1. The zero-order valence-electron chi connectivity index (χ0n) is 18.1. The molecule has 3 nitrogen and oxygen atoms in total. The summed E-state index contributed by atoms with van der Waals surface area (Å²) in [5.41, 5.74) is 12.0. The monoisotopic (exact) mass is 400 g/mol. The van der Waals surface area contributed by atoms with Crippen molar-refractivity contribution in [2.75, 3.05) is 32.8 Å². The lowest BCUT2D eigenvalue weighted by molar-refractivity contribution is 0.223. The highest BCUT2D eigenvalue weighted by atomic mass is 16.5. The summed E-state index contributed by atoms with van der Waals surface area (Å²) in [5, 5.41) is 0. The van der Waals surface area contributed by atoms with E-state index in [1.807, 2.05) is 12.1 Å². The second-order valence-electron chi connectivity index (χ2n) is 7.19. The quantitative estimate of drug-likeness (QED) is 0.468. The summed E-state index contributed by atoms with van der Waals surface area (Å²) in [4.78, 5) is 2.36. The first-order valence-corrected chi connectivity index (χ1v) is 10.8. The van der Waals surface area contributed by atoms with Gasteiger partial charge in [0, 0.05) is 13.1 Å². The molecule has 156 valence electrons. The minimum Gasteiger partial charge on any atom is -0.492 e. The minimum atomic E-state index is 0.469. The number of benzene rings is 3. The first-order chi connectivity index (χ1) is 14.8. The predicted octanol–water partition coefficient (Wildman–Crippen LogP) is 5.33. The molecule has 0 heterocycles. The van der Waals surface area contributed by atoms with Crippen LogP contribution in [0.3, 0.4) is 0 Å². The van der Waals surface area contributed by atoms with Crippen LogP contribution >= 0.6 is 0 Å². The van der Waals surface area contributed by atoms with Crippen LogP contribution in [-0.4, -0.2) is 37.7 Å². The van der Waals surface area contributed by atoms with Gasteiger partial charge in [-0.2, -0.15) is 0 Å². The van der Waals surface area contributed by atoms with E-state index in [2.05, 4.69) is 91.5 Å². The van der Waals surface area contributed by atoms with Crippen molar-refractivity contribution in [2.45, 2.75) is 13.8 Å². The fourth-order valence-electron chi connectivity index (χ4n) is 3.67. The molecule has 3 aromatic carbocycles. The molecule has 0 bridgehead atoms. The van der Waals surface area contributed by atoms with Gasteiger partial charge in [-0.1, -0.05) is 86.6 Å². The molecular weight excluding hydrogens is 368 g/mol. The molecule has 0 atom stereocenters. The van der Waals surface area contributed by atoms with Crippen molar-refractivity contribution in [1.29, 1.82) is 0 Å². The van der Waals surface area contributed by atoms with Crippen LogP contribution in [0, 0.1) is 0 Å². The molecule has 2 N–H and O–H groups in total. The predicted molar refractivity (Wildman–Crippen MR) is 128 cm³/mol. The topological polar surface area (TPSA) is 38.5 Å². The van der Waals surface area contributed by atoms with E-state index in [-0.39, 0.29) is 0 Å². The van der Waals surface area contributed by atoms with Crippen LogP contribution < -0.4 is 10.5 Å². The lowest BCUT2D eigenvalue weighted by atomic mass is 9.89. The average molecular weight is 401 g/mol. The number of ether oxygens (including phenoxy) is 1. The molecule has 0 saturated heterocycles. The molecule has 0 aliphatic rings. The zero-order chi connectivity index (χ0) is 21.2. The second kappa shape index (κ2) is 11.3. The van der Waals surface area contributed by atoms with Gasteiger partial charge in [-0.05, 0) is 53.1 Å². The smallest absolute Gasteiger partial charge is 0.119 e. The number of nitrogens with zero attached hydrogens (tertiary/aromatic N) is 1. The molecule has 0 aliphatic heterocycles. The molecule has 3 aromatic rings. The summed E-state index contributed by atoms with van der Waals surface area (Å²) in [6.45, 7) is 8.55. The van der Waals surface area contributed by atoms with Crippen LogP contribution in [0.25, 0.3) is 11.1 Å². The summed E-state index contributed by atoms with van der Waals surface area (Å²) in [6.07, 6.45) is 0. The Morgan fingerprint density at radius 2 is 1.27 bits per heavy atom. The van der Waals surface area contributed by atoms with Crippen molar-refractivity contribution >= 4 is 11.1 Å². The van der Waals surface area contributed by atoms with Gasteiger partial charge in [0.2, 0.25) is 0 Å². The molecule has 0 aliphatic carbocycles. The van der Waals surface area contributed by atoms with Crippen LogP contribution in [0.2, 0.25) is 0 Å². The van der Waals surface area contributed by atoms with Crippen LogP contribution in [0.1, 0.15) is 30.5 Å². The van der Waals surface area contributed by atoms with Gasteiger partial charge in [-0.3, -0.25) is 0 Å². The van der Waals surface area contributed by atoms with Gasteiger partial charge >= 0.3 is 0 Å². The normalized spacial score (nSPS) is 12.0. The number of hydrogen-bond donors (Lipinski definition) is 1. The van der Waals surface area contributed by atoms with Gasteiger partial charge in [0.15, 0.2) is 0 Å². The molecule has 0 saturated carbocycles. The third-order valence-electron chi connectivity index (χ3n) is 5.40. The van der Waals surface area contributed by atoms with Crippen molar-refractivity contribution < 1.29 is 4.74 Å². The zero-order valence-corrected chi connectivity index (χ0v) is 18.1. The molecule has 0 unspecified atom stereocenters. The van der Waals surface area contributed by atoms with Crippen LogP contribution in [0.5, 0.6) is 5.75 Å². The Labute approximate surface area is 180 Å². The maximum absolute atomic E-state index is 6.24. The number of rotatable bonds is 10.